The first-order valence-electron chi connectivity index (χ1n) is 7.06. The van der Waals surface area contributed by atoms with Crippen molar-refractivity contribution in [2.45, 2.75) is 0 Å². The van der Waals surface area contributed by atoms with Gasteiger partial charge in [0.05, 0.1) is 0 Å². The minimum Gasteiger partial charge on any atom is -0.449 e. The standard InChI is InChI=1S/C18H14BNO/c21-19-14-7-9-18-16(11-14)15-10-13(6-8-17(15)20-18)12-4-2-1-3-5-12/h1-11,19-21H. The summed E-state index contributed by atoms with van der Waals surface area (Å²) < 4.78 is 0. The van der Waals surface area contributed by atoms with E-state index < -0.39 is 0 Å². The van der Waals surface area contributed by atoms with E-state index in [4.69, 9.17) is 0 Å². The maximum absolute atomic E-state index is 9.33. The Morgan fingerprint density at radius 2 is 1.43 bits per heavy atom. The molecule has 4 rings (SSSR count). The molecule has 0 aliphatic rings. The van der Waals surface area contributed by atoms with Crippen LogP contribution in [0.15, 0.2) is 66.7 Å². The highest BCUT2D eigenvalue weighted by atomic mass is 16.2. The van der Waals surface area contributed by atoms with Gasteiger partial charge in [0.25, 0.3) is 0 Å². The van der Waals surface area contributed by atoms with Crippen LogP contribution in [0.3, 0.4) is 0 Å². The Bertz CT molecular complexity index is 928. The quantitative estimate of drug-likeness (QED) is 0.540. The lowest BCUT2D eigenvalue weighted by molar-refractivity contribution is 0.615. The third-order valence-electron chi connectivity index (χ3n) is 3.95. The maximum Gasteiger partial charge on any atom is 0.304 e. The molecule has 0 unspecified atom stereocenters. The summed E-state index contributed by atoms with van der Waals surface area (Å²) in [5, 5.41) is 11.7. The van der Waals surface area contributed by atoms with Crippen molar-refractivity contribution in [2.75, 3.05) is 0 Å². The van der Waals surface area contributed by atoms with Crippen LogP contribution in [0.25, 0.3) is 32.9 Å². The van der Waals surface area contributed by atoms with E-state index in [1.807, 2.05) is 18.2 Å². The number of fused-ring (bicyclic) bond motifs is 3. The summed E-state index contributed by atoms with van der Waals surface area (Å²) in [6.07, 6.45) is 0. The zero-order valence-electron chi connectivity index (χ0n) is 11.5. The molecule has 1 aromatic heterocycles. The molecule has 0 aliphatic carbocycles. The number of hydrogen-bond acceptors (Lipinski definition) is 1. The van der Waals surface area contributed by atoms with Crippen molar-refractivity contribution in [3.8, 4) is 11.1 Å². The van der Waals surface area contributed by atoms with Crippen molar-refractivity contribution in [2.24, 2.45) is 0 Å². The monoisotopic (exact) mass is 271 g/mol. The smallest absolute Gasteiger partial charge is 0.304 e. The zero-order valence-corrected chi connectivity index (χ0v) is 11.5. The molecule has 0 atom stereocenters. The lowest BCUT2D eigenvalue weighted by Gasteiger charge is -2.02. The molecule has 0 saturated carbocycles. The number of hydrogen-bond donors (Lipinski definition) is 2. The van der Waals surface area contributed by atoms with Crippen LogP contribution in [-0.2, 0) is 0 Å². The SMILES string of the molecule is OBc1ccc2[nH]c3ccc(-c4ccccc4)cc3c2c1. The van der Waals surface area contributed by atoms with Crippen LogP contribution in [0.1, 0.15) is 0 Å². The molecular formula is C18H14BNO. The van der Waals surface area contributed by atoms with Gasteiger partial charge in [-0.05, 0) is 29.3 Å². The van der Waals surface area contributed by atoms with Gasteiger partial charge in [0, 0.05) is 21.8 Å². The fourth-order valence-electron chi connectivity index (χ4n) is 2.85. The van der Waals surface area contributed by atoms with Gasteiger partial charge in [0.2, 0.25) is 0 Å². The number of aromatic amines is 1. The van der Waals surface area contributed by atoms with E-state index in [9.17, 15) is 5.02 Å². The predicted octanol–water partition coefficient (Wildman–Crippen LogP) is 2.96. The lowest BCUT2D eigenvalue weighted by atomic mass is 9.87. The highest BCUT2D eigenvalue weighted by molar-refractivity contribution is 6.46. The first-order valence-corrected chi connectivity index (χ1v) is 7.06. The summed E-state index contributed by atoms with van der Waals surface area (Å²) in [6.45, 7) is 0. The molecule has 3 aromatic carbocycles. The third kappa shape index (κ3) is 2.03. The van der Waals surface area contributed by atoms with Crippen LogP contribution < -0.4 is 5.46 Å². The van der Waals surface area contributed by atoms with E-state index >= 15 is 0 Å². The van der Waals surface area contributed by atoms with E-state index in [0.29, 0.717) is 0 Å². The predicted molar refractivity (Wildman–Crippen MR) is 90.2 cm³/mol. The van der Waals surface area contributed by atoms with E-state index in [1.165, 1.54) is 16.5 Å². The summed E-state index contributed by atoms with van der Waals surface area (Å²) >= 11 is 0. The average Bonchev–Trinajstić information content (AvgIpc) is 2.92. The van der Waals surface area contributed by atoms with Gasteiger partial charge in [-0.3, -0.25) is 0 Å². The number of benzene rings is 3. The molecule has 0 radical (unpaired) electrons. The molecule has 3 heteroatoms. The van der Waals surface area contributed by atoms with E-state index in [0.717, 1.165) is 21.9 Å². The Balaban J connectivity index is 1.99. The Kier molecular flexibility index (Phi) is 2.79. The van der Waals surface area contributed by atoms with Gasteiger partial charge in [-0.2, -0.15) is 0 Å². The summed E-state index contributed by atoms with van der Waals surface area (Å²) in [5.41, 5.74) is 5.59. The molecule has 0 bridgehead atoms. The van der Waals surface area contributed by atoms with Crippen molar-refractivity contribution in [1.29, 1.82) is 0 Å². The molecule has 0 saturated heterocycles. The van der Waals surface area contributed by atoms with Crippen LogP contribution >= 0.6 is 0 Å². The van der Waals surface area contributed by atoms with Gasteiger partial charge in [0.1, 0.15) is 0 Å². The third-order valence-corrected chi connectivity index (χ3v) is 3.95. The molecule has 0 aliphatic heterocycles. The average molecular weight is 271 g/mol. The van der Waals surface area contributed by atoms with E-state index in [1.54, 1.807) is 0 Å². The summed E-state index contributed by atoms with van der Waals surface area (Å²) in [5.74, 6) is 0. The second kappa shape index (κ2) is 4.79. The van der Waals surface area contributed by atoms with E-state index in [2.05, 4.69) is 53.5 Å². The second-order valence-corrected chi connectivity index (χ2v) is 5.29. The van der Waals surface area contributed by atoms with Crippen LogP contribution in [0.4, 0.5) is 0 Å². The van der Waals surface area contributed by atoms with Crippen LogP contribution in [-0.4, -0.2) is 17.5 Å². The summed E-state index contributed by atoms with van der Waals surface area (Å²) in [4.78, 5) is 3.43. The number of nitrogens with one attached hydrogen (secondary N) is 1. The van der Waals surface area contributed by atoms with Crippen LogP contribution in [0.2, 0.25) is 0 Å². The molecule has 2 N–H and O–H groups in total. The van der Waals surface area contributed by atoms with Crippen LogP contribution in [0.5, 0.6) is 0 Å². The van der Waals surface area contributed by atoms with Gasteiger partial charge >= 0.3 is 7.48 Å². The maximum atomic E-state index is 9.33. The summed E-state index contributed by atoms with van der Waals surface area (Å²) in [7, 11) is 0.0704. The zero-order chi connectivity index (χ0) is 14.2. The van der Waals surface area contributed by atoms with Crippen molar-refractivity contribution in [1.82, 2.24) is 4.98 Å². The number of H-pyrrole nitrogens is 1. The van der Waals surface area contributed by atoms with Gasteiger partial charge in [0.15, 0.2) is 0 Å². The normalized spacial score (nSPS) is 11.1. The molecule has 100 valence electrons. The van der Waals surface area contributed by atoms with Crippen molar-refractivity contribution in [3.63, 3.8) is 0 Å². The fraction of sp³-hybridized carbons (Fsp3) is 0. The molecule has 0 spiro atoms. The highest BCUT2D eigenvalue weighted by Crippen LogP contribution is 2.29. The Labute approximate surface area is 123 Å². The van der Waals surface area contributed by atoms with Gasteiger partial charge in [-0.1, -0.05) is 54.0 Å². The first-order chi connectivity index (χ1) is 10.3. The minimum atomic E-state index is 0.0704. The molecular weight excluding hydrogens is 257 g/mol. The molecule has 4 aromatic rings. The van der Waals surface area contributed by atoms with E-state index in [-0.39, 0.29) is 7.48 Å². The van der Waals surface area contributed by atoms with Gasteiger partial charge in [-0.25, -0.2) is 0 Å². The highest BCUT2D eigenvalue weighted by Gasteiger charge is 2.07. The van der Waals surface area contributed by atoms with Gasteiger partial charge < -0.3 is 10.0 Å². The summed E-state index contributed by atoms with van der Waals surface area (Å²) in [6, 6.07) is 22.9. The fourth-order valence-corrected chi connectivity index (χ4v) is 2.85. The second-order valence-electron chi connectivity index (χ2n) is 5.29. The Hall–Kier alpha value is -2.52. The Morgan fingerprint density at radius 3 is 2.19 bits per heavy atom. The molecule has 0 amide bonds. The number of rotatable bonds is 2. The minimum absolute atomic E-state index is 0.0704. The van der Waals surface area contributed by atoms with Crippen molar-refractivity contribution >= 4 is 34.8 Å². The lowest BCUT2D eigenvalue weighted by Crippen LogP contribution is -2.11. The molecule has 21 heavy (non-hydrogen) atoms. The van der Waals surface area contributed by atoms with Crippen LogP contribution in [0, 0.1) is 0 Å². The van der Waals surface area contributed by atoms with Crippen molar-refractivity contribution < 1.29 is 5.02 Å². The largest absolute Gasteiger partial charge is 0.449 e. The number of aromatic nitrogens is 1. The van der Waals surface area contributed by atoms with Crippen molar-refractivity contribution in [3.05, 3.63) is 66.7 Å². The topological polar surface area (TPSA) is 36.0 Å². The van der Waals surface area contributed by atoms with Gasteiger partial charge in [-0.15, -0.1) is 0 Å². The molecule has 0 fully saturated rings. The molecule has 2 nitrogen and oxygen atoms in total. The first kappa shape index (κ1) is 12.2. The molecule has 1 heterocycles. The Morgan fingerprint density at radius 1 is 0.714 bits per heavy atom.